The van der Waals surface area contributed by atoms with Crippen molar-refractivity contribution in [2.45, 2.75) is 13.5 Å². The van der Waals surface area contributed by atoms with Crippen molar-refractivity contribution in [3.63, 3.8) is 0 Å². The molecule has 0 spiro atoms. The summed E-state index contributed by atoms with van der Waals surface area (Å²) in [5.74, 6) is 0.672. The highest BCUT2D eigenvalue weighted by Gasteiger charge is 2.12. The van der Waals surface area contributed by atoms with Gasteiger partial charge in [0.1, 0.15) is 12.4 Å². The van der Waals surface area contributed by atoms with E-state index in [1.165, 1.54) is 0 Å². The SMILES string of the molecule is Cc1ccc(NC(=O)Cn2c(/C=C/c3ccccc3)nc3ccccc32)cc1. The van der Waals surface area contributed by atoms with Gasteiger partial charge in [0.2, 0.25) is 5.91 Å². The van der Waals surface area contributed by atoms with Gasteiger partial charge >= 0.3 is 0 Å². The number of aryl methyl sites for hydroxylation is 1. The number of imidazole rings is 1. The van der Waals surface area contributed by atoms with E-state index >= 15 is 0 Å². The lowest BCUT2D eigenvalue weighted by Crippen LogP contribution is -2.19. The van der Waals surface area contributed by atoms with Crippen molar-refractivity contribution in [2.75, 3.05) is 5.32 Å². The minimum Gasteiger partial charge on any atom is -0.325 e. The van der Waals surface area contributed by atoms with Crippen molar-refractivity contribution in [2.24, 2.45) is 0 Å². The van der Waals surface area contributed by atoms with Crippen LogP contribution < -0.4 is 5.32 Å². The zero-order chi connectivity index (χ0) is 19.3. The van der Waals surface area contributed by atoms with Crippen molar-refractivity contribution >= 4 is 34.8 Å². The molecular weight excluding hydrogens is 346 g/mol. The van der Waals surface area contributed by atoms with Crippen LogP contribution in [-0.4, -0.2) is 15.5 Å². The third kappa shape index (κ3) is 4.01. The Morgan fingerprint density at radius 2 is 1.64 bits per heavy atom. The molecule has 1 aromatic heterocycles. The quantitative estimate of drug-likeness (QED) is 0.530. The first-order valence-corrected chi connectivity index (χ1v) is 9.24. The van der Waals surface area contributed by atoms with Gasteiger partial charge in [-0.3, -0.25) is 4.79 Å². The number of amides is 1. The zero-order valence-electron chi connectivity index (χ0n) is 15.7. The van der Waals surface area contributed by atoms with Crippen LogP contribution in [0.25, 0.3) is 23.2 Å². The first kappa shape index (κ1) is 17.7. The fourth-order valence-corrected chi connectivity index (χ4v) is 3.10. The van der Waals surface area contributed by atoms with Gasteiger partial charge in [-0.05, 0) is 42.8 Å². The average molecular weight is 367 g/mol. The molecule has 1 amide bonds. The number of fused-ring (bicyclic) bond motifs is 1. The highest BCUT2D eigenvalue weighted by molar-refractivity contribution is 5.92. The lowest BCUT2D eigenvalue weighted by molar-refractivity contribution is -0.116. The summed E-state index contributed by atoms with van der Waals surface area (Å²) in [5.41, 5.74) is 4.85. The topological polar surface area (TPSA) is 46.9 Å². The molecule has 28 heavy (non-hydrogen) atoms. The number of para-hydroxylation sites is 2. The summed E-state index contributed by atoms with van der Waals surface area (Å²) < 4.78 is 1.94. The number of rotatable bonds is 5. The standard InChI is InChI=1S/C24H21N3O/c1-18-11-14-20(15-12-18)25-24(28)17-27-22-10-6-5-9-21(22)26-23(27)16-13-19-7-3-2-4-8-19/h2-16H,17H2,1H3,(H,25,28)/b16-13+. The molecule has 3 aromatic carbocycles. The lowest BCUT2D eigenvalue weighted by Gasteiger charge is -2.09. The van der Waals surface area contributed by atoms with Crippen LogP contribution in [0, 0.1) is 6.92 Å². The molecule has 0 atom stereocenters. The van der Waals surface area contributed by atoms with Crippen molar-refractivity contribution in [1.29, 1.82) is 0 Å². The molecule has 138 valence electrons. The number of hydrogen-bond donors (Lipinski definition) is 1. The Labute approximate surface area is 164 Å². The summed E-state index contributed by atoms with van der Waals surface area (Å²) in [6.45, 7) is 2.22. The van der Waals surface area contributed by atoms with Crippen molar-refractivity contribution in [3.05, 3.63) is 95.8 Å². The predicted octanol–water partition coefficient (Wildman–Crippen LogP) is 5.15. The van der Waals surface area contributed by atoms with Crippen LogP contribution in [0.2, 0.25) is 0 Å². The third-order valence-electron chi connectivity index (χ3n) is 4.55. The Balaban J connectivity index is 1.62. The highest BCUT2D eigenvalue weighted by Crippen LogP contribution is 2.18. The number of hydrogen-bond acceptors (Lipinski definition) is 2. The number of anilines is 1. The maximum Gasteiger partial charge on any atom is 0.244 e. The van der Waals surface area contributed by atoms with E-state index < -0.39 is 0 Å². The second-order valence-corrected chi connectivity index (χ2v) is 6.70. The number of carbonyl (C=O) groups is 1. The van der Waals surface area contributed by atoms with Gasteiger partial charge < -0.3 is 9.88 Å². The zero-order valence-corrected chi connectivity index (χ0v) is 15.7. The maximum atomic E-state index is 12.7. The van der Waals surface area contributed by atoms with Crippen LogP contribution >= 0.6 is 0 Å². The molecular formula is C24H21N3O. The fraction of sp³-hybridized carbons (Fsp3) is 0.0833. The van der Waals surface area contributed by atoms with Gasteiger partial charge in [-0.1, -0.05) is 66.2 Å². The van der Waals surface area contributed by atoms with E-state index in [-0.39, 0.29) is 12.5 Å². The summed E-state index contributed by atoms with van der Waals surface area (Å²) in [6, 6.07) is 25.7. The van der Waals surface area contributed by atoms with Crippen LogP contribution in [0.4, 0.5) is 5.69 Å². The van der Waals surface area contributed by atoms with Crippen molar-refractivity contribution in [1.82, 2.24) is 9.55 Å². The third-order valence-corrected chi connectivity index (χ3v) is 4.55. The van der Waals surface area contributed by atoms with Gasteiger partial charge in [0.05, 0.1) is 11.0 Å². The molecule has 0 unspecified atom stereocenters. The second kappa shape index (κ2) is 7.92. The Hall–Kier alpha value is -3.66. The molecule has 0 radical (unpaired) electrons. The molecule has 4 aromatic rings. The van der Waals surface area contributed by atoms with Crippen LogP contribution in [0.15, 0.2) is 78.9 Å². The van der Waals surface area contributed by atoms with E-state index in [4.69, 9.17) is 4.98 Å². The molecule has 4 nitrogen and oxygen atoms in total. The average Bonchev–Trinajstić information content (AvgIpc) is 3.06. The van der Waals surface area contributed by atoms with Gasteiger partial charge in [-0.2, -0.15) is 0 Å². The summed E-state index contributed by atoms with van der Waals surface area (Å²) in [5, 5.41) is 2.96. The monoisotopic (exact) mass is 367 g/mol. The molecule has 0 saturated carbocycles. The summed E-state index contributed by atoms with van der Waals surface area (Å²) in [4.78, 5) is 17.3. The molecule has 4 heteroatoms. The second-order valence-electron chi connectivity index (χ2n) is 6.70. The first-order valence-electron chi connectivity index (χ1n) is 9.24. The molecule has 1 N–H and O–H groups in total. The van der Waals surface area contributed by atoms with Crippen molar-refractivity contribution in [3.8, 4) is 0 Å². The van der Waals surface area contributed by atoms with Crippen LogP contribution in [0.3, 0.4) is 0 Å². The molecule has 1 heterocycles. The summed E-state index contributed by atoms with van der Waals surface area (Å²) >= 11 is 0. The minimum atomic E-state index is -0.0821. The van der Waals surface area contributed by atoms with Crippen LogP contribution in [0.5, 0.6) is 0 Å². The fourth-order valence-electron chi connectivity index (χ4n) is 3.10. The van der Waals surface area contributed by atoms with Gasteiger partial charge in [0, 0.05) is 5.69 Å². The van der Waals surface area contributed by atoms with E-state index in [2.05, 4.69) is 5.32 Å². The number of aromatic nitrogens is 2. The van der Waals surface area contributed by atoms with Gasteiger partial charge in [0.25, 0.3) is 0 Å². The number of nitrogens with zero attached hydrogens (tertiary/aromatic N) is 2. The maximum absolute atomic E-state index is 12.7. The van der Waals surface area contributed by atoms with Crippen LogP contribution in [0.1, 0.15) is 17.0 Å². The van der Waals surface area contributed by atoms with E-state index in [0.29, 0.717) is 0 Å². The Morgan fingerprint density at radius 1 is 0.929 bits per heavy atom. The molecule has 0 aliphatic carbocycles. The van der Waals surface area contributed by atoms with Gasteiger partial charge in [0.15, 0.2) is 0 Å². The van der Waals surface area contributed by atoms with Gasteiger partial charge in [-0.15, -0.1) is 0 Å². The predicted molar refractivity (Wildman–Crippen MR) is 115 cm³/mol. The number of benzene rings is 3. The van der Waals surface area contributed by atoms with Crippen molar-refractivity contribution < 1.29 is 4.79 Å². The molecule has 0 bridgehead atoms. The van der Waals surface area contributed by atoms with Gasteiger partial charge in [-0.25, -0.2) is 4.98 Å². The number of nitrogens with one attached hydrogen (secondary N) is 1. The van der Waals surface area contributed by atoms with E-state index in [1.807, 2.05) is 103 Å². The Morgan fingerprint density at radius 3 is 2.43 bits per heavy atom. The smallest absolute Gasteiger partial charge is 0.244 e. The number of carbonyl (C=O) groups excluding carboxylic acids is 1. The van der Waals surface area contributed by atoms with E-state index in [0.717, 1.165) is 33.7 Å². The normalized spacial score (nSPS) is 11.2. The highest BCUT2D eigenvalue weighted by atomic mass is 16.1. The van der Waals surface area contributed by atoms with E-state index in [1.54, 1.807) is 0 Å². The lowest BCUT2D eigenvalue weighted by atomic mass is 10.2. The molecule has 0 aliphatic heterocycles. The van der Waals surface area contributed by atoms with E-state index in [9.17, 15) is 4.79 Å². The molecule has 4 rings (SSSR count). The van der Waals surface area contributed by atoms with Crippen LogP contribution in [-0.2, 0) is 11.3 Å². The molecule has 0 saturated heterocycles. The summed E-state index contributed by atoms with van der Waals surface area (Å²) in [6.07, 6.45) is 3.96. The summed E-state index contributed by atoms with van der Waals surface area (Å²) in [7, 11) is 0. The first-order chi connectivity index (χ1) is 13.7. The minimum absolute atomic E-state index is 0.0821. The largest absolute Gasteiger partial charge is 0.325 e. The Bertz CT molecular complexity index is 1130. The molecule has 0 fully saturated rings. The molecule has 0 aliphatic rings. The Kier molecular flexibility index (Phi) is 5.02.